The zero-order valence-corrected chi connectivity index (χ0v) is 21.0. The first kappa shape index (κ1) is 27.2. The molecule has 3 atom stereocenters. The molecule has 1 aliphatic heterocycles. The molecule has 1 unspecified atom stereocenters. The van der Waals surface area contributed by atoms with Crippen LogP contribution in [0.4, 0.5) is 4.79 Å². The minimum absolute atomic E-state index is 0.213. The van der Waals surface area contributed by atoms with Crippen molar-refractivity contribution in [2.24, 2.45) is 0 Å². The van der Waals surface area contributed by atoms with Gasteiger partial charge >= 0.3 is 6.09 Å². The molecule has 3 N–H and O–H groups in total. The molecule has 2 rings (SSSR count). The summed E-state index contributed by atoms with van der Waals surface area (Å²) >= 11 is 12.1. The molecule has 0 spiro atoms. The number of nitrogens with one attached hydrogen (secondary N) is 2. The van der Waals surface area contributed by atoms with E-state index in [0.29, 0.717) is 23.0 Å². The molecule has 184 valence electrons. The molecule has 8 nitrogen and oxygen atoms in total. The lowest BCUT2D eigenvalue weighted by Gasteiger charge is -2.33. The number of hydrogen-bond donors (Lipinski definition) is 3. The first-order valence-corrected chi connectivity index (χ1v) is 11.8. The van der Waals surface area contributed by atoms with Gasteiger partial charge < -0.3 is 25.4 Å². The van der Waals surface area contributed by atoms with Crippen molar-refractivity contribution in [3.8, 4) is 0 Å². The maximum atomic E-state index is 12.7. The fourth-order valence-corrected chi connectivity index (χ4v) is 3.89. The molecule has 0 bridgehead atoms. The number of carbonyl (C=O) groups excluding carboxylic acids is 3. The van der Waals surface area contributed by atoms with Gasteiger partial charge in [0, 0.05) is 13.6 Å². The Hall–Kier alpha value is -2.03. The van der Waals surface area contributed by atoms with E-state index in [4.69, 9.17) is 27.9 Å². The van der Waals surface area contributed by atoms with Crippen molar-refractivity contribution in [2.45, 2.75) is 76.7 Å². The van der Waals surface area contributed by atoms with E-state index in [-0.39, 0.29) is 18.7 Å². The number of ether oxygens (including phenoxy) is 1. The van der Waals surface area contributed by atoms with E-state index >= 15 is 0 Å². The first-order valence-electron chi connectivity index (χ1n) is 11.0. The van der Waals surface area contributed by atoms with Gasteiger partial charge in [-0.3, -0.25) is 9.59 Å². The third-order valence-corrected chi connectivity index (χ3v) is 6.06. The largest absolute Gasteiger partial charge is 0.444 e. The standard InChI is InChI=1S/C23H33Cl2N3O5/c1-23(2,3)33-22(32)28(4)18(12-14-8-9-15(24)16(25)11-14)19(29)13-20(30)27-17-7-5-6-10-26-21(17)31/h8-9,11,17-19,29H,5-7,10,12-13H2,1-4H3,(H,26,31)(H,27,30)/t17-,18-,19?/m1/s1. The van der Waals surface area contributed by atoms with Crippen molar-refractivity contribution in [1.29, 1.82) is 0 Å². The average Bonchev–Trinajstić information content (AvgIpc) is 2.91. The van der Waals surface area contributed by atoms with Crippen molar-refractivity contribution in [3.63, 3.8) is 0 Å². The molecule has 0 radical (unpaired) electrons. The molecule has 3 amide bonds. The molecule has 1 aromatic rings. The van der Waals surface area contributed by atoms with Crippen LogP contribution in [0.15, 0.2) is 18.2 Å². The van der Waals surface area contributed by atoms with Crippen molar-refractivity contribution in [1.82, 2.24) is 15.5 Å². The number of hydrogen-bond acceptors (Lipinski definition) is 5. The van der Waals surface area contributed by atoms with Crippen LogP contribution in [0.1, 0.15) is 52.0 Å². The van der Waals surface area contributed by atoms with Crippen LogP contribution >= 0.6 is 23.2 Å². The van der Waals surface area contributed by atoms with Crippen molar-refractivity contribution < 1.29 is 24.2 Å². The Morgan fingerprint density at radius 3 is 2.61 bits per heavy atom. The quantitative estimate of drug-likeness (QED) is 0.531. The number of aliphatic hydroxyl groups excluding tert-OH is 1. The summed E-state index contributed by atoms with van der Waals surface area (Å²) in [5.41, 5.74) is 0.00156. The second-order valence-electron chi connectivity index (χ2n) is 9.29. The van der Waals surface area contributed by atoms with E-state index in [1.54, 1.807) is 39.0 Å². The minimum Gasteiger partial charge on any atom is -0.444 e. The van der Waals surface area contributed by atoms with Gasteiger partial charge in [-0.2, -0.15) is 0 Å². The third kappa shape index (κ3) is 8.68. The predicted molar refractivity (Wildman–Crippen MR) is 127 cm³/mol. The number of likely N-dealkylation sites (N-methyl/N-ethyl adjacent to an activating group) is 1. The number of carbonyl (C=O) groups is 3. The molecule has 1 fully saturated rings. The molecule has 1 aliphatic rings. The van der Waals surface area contributed by atoms with E-state index in [0.717, 1.165) is 18.4 Å². The topological polar surface area (TPSA) is 108 Å². The van der Waals surface area contributed by atoms with Gasteiger partial charge in [-0.05, 0) is 64.2 Å². The Balaban J connectivity index is 2.15. The minimum atomic E-state index is -1.22. The first-order chi connectivity index (χ1) is 15.4. The molecule has 1 heterocycles. The summed E-state index contributed by atoms with van der Waals surface area (Å²) < 4.78 is 5.44. The van der Waals surface area contributed by atoms with E-state index in [1.807, 2.05) is 0 Å². The van der Waals surface area contributed by atoms with Crippen LogP contribution in [0.3, 0.4) is 0 Å². The molecule has 33 heavy (non-hydrogen) atoms. The third-order valence-electron chi connectivity index (χ3n) is 5.32. The summed E-state index contributed by atoms with van der Waals surface area (Å²) in [6, 6.07) is 3.61. The molecule has 0 saturated carbocycles. The lowest BCUT2D eigenvalue weighted by molar-refractivity contribution is -0.130. The highest BCUT2D eigenvalue weighted by Crippen LogP contribution is 2.25. The summed E-state index contributed by atoms with van der Waals surface area (Å²) in [6.07, 6.45) is 0.285. The highest BCUT2D eigenvalue weighted by atomic mass is 35.5. The summed E-state index contributed by atoms with van der Waals surface area (Å²) in [6.45, 7) is 5.82. The Labute approximate surface area is 204 Å². The summed E-state index contributed by atoms with van der Waals surface area (Å²) in [5, 5.41) is 17.2. The second kappa shape index (κ2) is 11.9. The highest BCUT2D eigenvalue weighted by molar-refractivity contribution is 6.42. The molecular weight excluding hydrogens is 469 g/mol. The highest BCUT2D eigenvalue weighted by Gasteiger charge is 2.33. The van der Waals surface area contributed by atoms with Gasteiger partial charge in [-0.1, -0.05) is 29.3 Å². The van der Waals surface area contributed by atoms with Crippen LogP contribution in [-0.4, -0.2) is 65.3 Å². The zero-order valence-electron chi connectivity index (χ0n) is 19.5. The van der Waals surface area contributed by atoms with Crippen LogP contribution in [0.5, 0.6) is 0 Å². The normalized spacial score (nSPS) is 18.5. The fraction of sp³-hybridized carbons (Fsp3) is 0.609. The van der Waals surface area contributed by atoms with Crippen LogP contribution in [0.2, 0.25) is 10.0 Å². The average molecular weight is 502 g/mol. The molecule has 1 saturated heterocycles. The Morgan fingerprint density at radius 1 is 1.27 bits per heavy atom. The van der Waals surface area contributed by atoms with Crippen LogP contribution < -0.4 is 10.6 Å². The number of rotatable bonds is 7. The van der Waals surface area contributed by atoms with Crippen molar-refractivity contribution in [3.05, 3.63) is 33.8 Å². The number of aliphatic hydroxyl groups is 1. The lowest BCUT2D eigenvalue weighted by atomic mass is 9.97. The van der Waals surface area contributed by atoms with E-state index in [1.165, 1.54) is 11.9 Å². The maximum Gasteiger partial charge on any atom is 0.410 e. The molecule has 1 aromatic carbocycles. The number of benzene rings is 1. The van der Waals surface area contributed by atoms with Gasteiger partial charge in [0.1, 0.15) is 11.6 Å². The van der Waals surface area contributed by atoms with Crippen molar-refractivity contribution in [2.75, 3.05) is 13.6 Å². The van der Waals surface area contributed by atoms with E-state index in [2.05, 4.69) is 10.6 Å². The lowest BCUT2D eigenvalue weighted by Crippen LogP contribution is -2.51. The van der Waals surface area contributed by atoms with Crippen LogP contribution in [-0.2, 0) is 20.7 Å². The van der Waals surface area contributed by atoms with Gasteiger partial charge in [-0.15, -0.1) is 0 Å². The SMILES string of the molecule is CN(C(=O)OC(C)(C)C)[C@H](Cc1ccc(Cl)c(Cl)c1)C(O)CC(=O)N[C@@H]1CCCCNC1=O. The van der Waals surface area contributed by atoms with Crippen LogP contribution in [0, 0.1) is 0 Å². The number of nitrogens with zero attached hydrogens (tertiary/aromatic N) is 1. The molecule has 10 heteroatoms. The predicted octanol–water partition coefficient (Wildman–Crippen LogP) is 3.31. The van der Waals surface area contributed by atoms with E-state index in [9.17, 15) is 19.5 Å². The Kier molecular flexibility index (Phi) is 9.82. The van der Waals surface area contributed by atoms with Gasteiger partial charge in [0.05, 0.1) is 28.6 Å². The summed E-state index contributed by atoms with van der Waals surface area (Å²) in [5.74, 6) is -0.699. The fourth-order valence-electron chi connectivity index (χ4n) is 3.56. The number of amides is 3. The van der Waals surface area contributed by atoms with Gasteiger partial charge in [0.25, 0.3) is 0 Å². The van der Waals surface area contributed by atoms with Gasteiger partial charge in [-0.25, -0.2) is 4.79 Å². The van der Waals surface area contributed by atoms with E-state index < -0.39 is 35.8 Å². The molecule has 0 aliphatic carbocycles. The molecule has 0 aromatic heterocycles. The van der Waals surface area contributed by atoms with Gasteiger partial charge in [0.15, 0.2) is 0 Å². The monoisotopic (exact) mass is 501 g/mol. The molecular formula is C23H33Cl2N3O5. The summed E-state index contributed by atoms with van der Waals surface area (Å²) in [4.78, 5) is 38.7. The number of halogens is 2. The smallest absolute Gasteiger partial charge is 0.410 e. The zero-order chi connectivity index (χ0) is 24.8. The maximum absolute atomic E-state index is 12.7. The van der Waals surface area contributed by atoms with Crippen LogP contribution in [0.25, 0.3) is 0 Å². The summed E-state index contributed by atoms with van der Waals surface area (Å²) in [7, 11) is 1.51. The van der Waals surface area contributed by atoms with Gasteiger partial charge in [0.2, 0.25) is 11.8 Å². The Bertz CT molecular complexity index is 859. The second-order valence-corrected chi connectivity index (χ2v) is 10.1. The van der Waals surface area contributed by atoms with Crippen molar-refractivity contribution >= 4 is 41.1 Å². The Morgan fingerprint density at radius 2 is 1.97 bits per heavy atom.